The number of sulfonamides is 1. The largest absolute Gasteiger partial charge is 0.494 e. The number of amides is 1. The van der Waals surface area contributed by atoms with Crippen molar-refractivity contribution in [2.75, 3.05) is 17.9 Å². The summed E-state index contributed by atoms with van der Waals surface area (Å²) in [6.07, 6.45) is 0.680. The molecule has 0 spiro atoms. The van der Waals surface area contributed by atoms with Crippen LogP contribution in [0.2, 0.25) is 0 Å². The van der Waals surface area contributed by atoms with Gasteiger partial charge < -0.3 is 10.1 Å². The zero-order valence-corrected chi connectivity index (χ0v) is 16.6. The van der Waals surface area contributed by atoms with Crippen LogP contribution in [0.5, 0.6) is 5.75 Å². The number of thiophene rings is 1. The second-order valence-corrected chi connectivity index (χ2v) is 8.74. The molecule has 146 valence electrons. The Morgan fingerprint density at radius 2 is 1.71 bits per heavy atom. The first-order valence-corrected chi connectivity index (χ1v) is 11.0. The lowest BCUT2D eigenvalue weighted by Gasteiger charge is -2.09. The number of rotatable bonds is 9. The maximum Gasteiger partial charge on any atom is 0.271 e. The molecule has 6 nitrogen and oxygen atoms in total. The van der Waals surface area contributed by atoms with E-state index in [2.05, 4.69) is 10.0 Å². The van der Waals surface area contributed by atoms with Crippen molar-refractivity contribution < 1.29 is 17.9 Å². The molecule has 0 aliphatic rings. The van der Waals surface area contributed by atoms with Crippen molar-refractivity contribution in [2.45, 2.75) is 10.6 Å². The van der Waals surface area contributed by atoms with Gasteiger partial charge in [-0.25, -0.2) is 8.42 Å². The summed E-state index contributed by atoms with van der Waals surface area (Å²) in [4.78, 5) is 12.2. The van der Waals surface area contributed by atoms with Crippen LogP contribution in [0.15, 0.2) is 76.3 Å². The van der Waals surface area contributed by atoms with Gasteiger partial charge in [-0.1, -0.05) is 24.3 Å². The van der Waals surface area contributed by atoms with Gasteiger partial charge in [-0.2, -0.15) is 0 Å². The fraction of sp³-hybridized carbons (Fsp3) is 0.150. The summed E-state index contributed by atoms with van der Waals surface area (Å²) in [6, 6.07) is 19.0. The minimum atomic E-state index is -3.59. The third-order valence-electron chi connectivity index (χ3n) is 3.78. The summed E-state index contributed by atoms with van der Waals surface area (Å²) in [6.45, 7) is 0.992. The monoisotopic (exact) mass is 416 g/mol. The standard InChI is InChI=1S/C20H20N2O4S2/c23-20(21-13-5-14-26-18-6-2-1-3-7-18)16-9-11-17(12-10-16)22-28(24,25)19-8-4-15-27-19/h1-4,6-12,15,22H,5,13-14H2,(H,21,23). The molecule has 0 atom stereocenters. The maximum absolute atomic E-state index is 12.2. The van der Waals surface area contributed by atoms with E-state index in [4.69, 9.17) is 4.74 Å². The molecule has 0 saturated heterocycles. The Balaban J connectivity index is 1.44. The number of carbonyl (C=O) groups excluding carboxylic acids is 1. The van der Waals surface area contributed by atoms with Gasteiger partial charge in [0.05, 0.1) is 6.61 Å². The van der Waals surface area contributed by atoms with Gasteiger partial charge in [0.1, 0.15) is 9.96 Å². The van der Waals surface area contributed by atoms with Gasteiger partial charge >= 0.3 is 0 Å². The molecule has 0 aliphatic heterocycles. The van der Waals surface area contributed by atoms with Gasteiger partial charge in [0.15, 0.2) is 0 Å². The Morgan fingerprint density at radius 3 is 2.39 bits per heavy atom. The zero-order chi connectivity index (χ0) is 19.8. The number of hydrogen-bond donors (Lipinski definition) is 2. The second kappa shape index (κ2) is 9.38. The first kappa shape index (κ1) is 19.9. The van der Waals surface area contributed by atoms with E-state index >= 15 is 0 Å². The lowest BCUT2D eigenvalue weighted by Crippen LogP contribution is -2.25. The lowest BCUT2D eigenvalue weighted by molar-refractivity contribution is 0.0951. The average Bonchev–Trinajstić information content (AvgIpc) is 3.25. The molecule has 28 heavy (non-hydrogen) atoms. The maximum atomic E-state index is 12.2. The van der Waals surface area contributed by atoms with Crippen LogP contribution in [0, 0.1) is 0 Å². The Bertz CT molecular complexity index is 986. The van der Waals surface area contributed by atoms with Crippen LogP contribution in [-0.4, -0.2) is 27.5 Å². The molecule has 0 bridgehead atoms. The van der Waals surface area contributed by atoms with E-state index in [-0.39, 0.29) is 10.1 Å². The van der Waals surface area contributed by atoms with Crippen LogP contribution >= 0.6 is 11.3 Å². The molecular formula is C20H20N2O4S2. The second-order valence-electron chi connectivity index (χ2n) is 5.89. The third kappa shape index (κ3) is 5.58. The Labute approximate surface area is 168 Å². The number of anilines is 1. The lowest BCUT2D eigenvalue weighted by atomic mass is 10.2. The summed E-state index contributed by atoms with van der Waals surface area (Å²) in [5, 5.41) is 4.52. The van der Waals surface area contributed by atoms with E-state index in [9.17, 15) is 13.2 Å². The van der Waals surface area contributed by atoms with E-state index in [0.717, 1.165) is 17.1 Å². The van der Waals surface area contributed by atoms with Crippen molar-refractivity contribution in [1.29, 1.82) is 0 Å². The number of carbonyl (C=O) groups is 1. The zero-order valence-electron chi connectivity index (χ0n) is 15.0. The van der Waals surface area contributed by atoms with Crippen LogP contribution in [0.4, 0.5) is 5.69 Å². The molecule has 2 aromatic carbocycles. The number of nitrogens with one attached hydrogen (secondary N) is 2. The van der Waals surface area contributed by atoms with Crippen LogP contribution in [0.1, 0.15) is 16.8 Å². The summed E-state index contributed by atoms with van der Waals surface area (Å²) < 4.78 is 32.7. The van der Waals surface area contributed by atoms with Crippen molar-refractivity contribution in [3.8, 4) is 5.75 Å². The van der Waals surface area contributed by atoms with Crippen molar-refractivity contribution >= 4 is 33.0 Å². The van der Waals surface area contributed by atoms with Gasteiger partial charge in [0, 0.05) is 17.8 Å². The minimum absolute atomic E-state index is 0.215. The highest BCUT2D eigenvalue weighted by Crippen LogP contribution is 2.20. The summed E-state index contributed by atoms with van der Waals surface area (Å²) >= 11 is 1.14. The molecule has 0 unspecified atom stereocenters. The molecular weight excluding hydrogens is 396 g/mol. The highest BCUT2D eigenvalue weighted by molar-refractivity contribution is 7.94. The van der Waals surface area contributed by atoms with E-state index < -0.39 is 10.0 Å². The Morgan fingerprint density at radius 1 is 0.964 bits per heavy atom. The molecule has 1 aromatic heterocycles. The van der Waals surface area contributed by atoms with Crippen molar-refractivity contribution in [3.63, 3.8) is 0 Å². The SMILES string of the molecule is O=C(NCCCOc1ccccc1)c1ccc(NS(=O)(=O)c2cccs2)cc1. The van der Waals surface area contributed by atoms with Gasteiger partial charge in [-0.15, -0.1) is 11.3 Å². The number of hydrogen-bond acceptors (Lipinski definition) is 5. The molecule has 0 saturated carbocycles. The van der Waals surface area contributed by atoms with E-state index in [1.807, 2.05) is 30.3 Å². The quantitative estimate of drug-likeness (QED) is 0.521. The molecule has 2 N–H and O–H groups in total. The summed E-state index contributed by atoms with van der Waals surface area (Å²) in [5.41, 5.74) is 0.865. The normalized spacial score (nSPS) is 11.0. The van der Waals surface area contributed by atoms with Crippen molar-refractivity contribution in [1.82, 2.24) is 5.32 Å². The molecule has 3 rings (SSSR count). The first-order chi connectivity index (χ1) is 13.5. The highest BCUT2D eigenvalue weighted by atomic mass is 32.2. The molecule has 3 aromatic rings. The number of benzene rings is 2. The Kier molecular flexibility index (Phi) is 6.67. The molecule has 0 fully saturated rings. The molecule has 1 heterocycles. The van der Waals surface area contributed by atoms with Crippen LogP contribution in [0.3, 0.4) is 0 Å². The predicted octanol–water partition coefficient (Wildman–Crippen LogP) is 3.75. The van der Waals surface area contributed by atoms with Crippen LogP contribution < -0.4 is 14.8 Å². The smallest absolute Gasteiger partial charge is 0.271 e. The predicted molar refractivity (Wildman–Crippen MR) is 110 cm³/mol. The van der Waals surface area contributed by atoms with Crippen molar-refractivity contribution in [3.05, 3.63) is 77.7 Å². The average molecular weight is 417 g/mol. The van der Waals surface area contributed by atoms with Crippen LogP contribution in [-0.2, 0) is 10.0 Å². The number of ether oxygens (including phenoxy) is 1. The van der Waals surface area contributed by atoms with E-state index in [1.54, 1.807) is 35.7 Å². The Hall–Kier alpha value is -2.84. The summed E-state index contributed by atoms with van der Waals surface area (Å²) in [7, 11) is -3.59. The van der Waals surface area contributed by atoms with Gasteiger partial charge in [0.2, 0.25) is 0 Å². The highest BCUT2D eigenvalue weighted by Gasteiger charge is 2.15. The fourth-order valence-electron chi connectivity index (χ4n) is 2.39. The number of para-hydroxylation sites is 1. The third-order valence-corrected chi connectivity index (χ3v) is 6.56. The molecule has 1 amide bonds. The van der Waals surface area contributed by atoms with Crippen LogP contribution in [0.25, 0.3) is 0 Å². The fourth-order valence-corrected chi connectivity index (χ4v) is 4.45. The summed E-state index contributed by atoms with van der Waals surface area (Å²) in [5.74, 6) is 0.585. The molecule has 8 heteroatoms. The first-order valence-electron chi connectivity index (χ1n) is 8.67. The van der Waals surface area contributed by atoms with E-state index in [1.165, 1.54) is 6.07 Å². The molecule has 0 aliphatic carbocycles. The molecule has 0 radical (unpaired) electrons. The minimum Gasteiger partial charge on any atom is -0.494 e. The topological polar surface area (TPSA) is 84.5 Å². The van der Waals surface area contributed by atoms with E-state index in [0.29, 0.717) is 30.8 Å². The van der Waals surface area contributed by atoms with Gasteiger partial charge in [-0.05, 0) is 54.3 Å². The van der Waals surface area contributed by atoms with Crippen molar-refractivity contribution in [2.24, 2.45) is 0 Å². The van der Waals surface area contributed by atoms with Gasteiger partial charge in [0.25, 0.3) is 15.9 Å². The van der Waals surface area contributed by atoms with Gasteiger partial charge in [-0.3, -0.25) is 9.52 Å².